The Kier molecular flexibility index (Phi) is 4.82. The van der Waals surface area contributed by atoms with Gasteiger partial charge in [-0.05, 0) is 46.4 Å². The van der Waals surface area contributed by atoms with Crippen LogP contribution in [0.3, 0.4) is 0 Å². The van der Waals surface area contributed by atoms with E-state index in [4.69, 9.17) is 0 Å². The van der Waals surface area contributed by atoms with E-state index in [0.29, 0.717) is 5.69 Å². The number of rotatable bonds is 4. The summed E-state index contributed by atoms with van der Waals surface area (Å²) in [6.07, 6.45) is 1.60. The second kappa shape index (κ2) is 6.41. The van der Waals surface area contributed by atoms with Crippen LogP contribution >= 0.6 is 22.6 Å². The van der Waals surface area contributed by atoms with Gasteiger partial charge in [0.05, 0.1) is 11.1 Å². The molecule has 0 fully saturated rings. The molecule has 0 heterocycles. The molecule has 20 heavy (non-hydrogen) atoms. The molecule has 0 atom stereocenters. The molecule has 2 aromatic rings. The first-order valence-electron chi connectivity index (χ1n) is 5.97. The molecule has 0 aliphatic rings. The molecule has 0 aliphatic heterocycles. The van der Waals surface area contributed by atoms with Crippen molar-refractivity contribution in [3.63, 3.8) is 0 Å². The summed E-state index contributed by atoms with van der Waals surface area (Å²) in [5.41, 5.74) is 1.53. The maximum absolute atomic E-state index is 12.3. The first-order valence-corrected chi connectivity index (χ1v) is 8.55. The predicted molar refractivity (Wildman–Crippen MR) is 92.0 cm³/mol. The fourth-order valence-electron chi connectivity index (χ4n) is 1.66. The quantitative estimate of drug-likeness (QED) is 0.735. The van der Waals surface area contributed by atoms with E-state index in [2.05, 4.69) is 22.6 Å². The highest BCUT2D eigenvalue weighted by Gasteiger charge is 2.16. The van der Waals surface area contributed by atoms with E-state index in [-0.39, 0.29) is 0 Å². The van der Waals surface area contributed by atoms with Gasteiger partial charge in [0.25, 0.3) is 10.0 Å². The van der Waals surface area contributed by atoms with Crippen molar-refractivity contribution >= 4 is 44.4 Å². The third kappa shape index (κ3) is 3.61. The van der Waals surface area contributed by atoms with Crippen molar-refractivity contribution < 1.29 is 8.42 Å². The number of nitrogens with zero attached hydrogens (tertiary/aromatic N) is 1. The van der Waals surface area contributed by atoms with Crippen molar-refractivity contribution in [2.45, 2.75) is 0 Å². The normalized spacial score (nSPS) is 11.7. The average Bonchev–Trinajstić information content (AvgIpc) is 2.46. The summed E-state index contributed by atoms with van der Waals surface area (Å²) >= 11 is 2.13. The van der Waals surface area contributed by atoms with Gasteiger partial charge in [0.1, 0.15) is 0 Å². The van der Waals surface area contributed by atoms with Crippen molar-refractivity contribution in [2.75, 3.05) is 11.4 Å². The zero-order valence-corrected chi connectivity index (χ0v) is 13.9. The molecule has 104 valence electrons. The third-order valence-corrected chi connectivity index (χ3v) is 5.16. The monoisotopic (exact) mass is 399 g/mol. The van der Waals surface area contributed by atoms with Gasteiger partial charge >= 0.3 is 0 Å². The highest BCUT2D eigenvalue weighted by Crippen LogP contribution is 2.23. The van der Waals surface area contributed by atoms with E-state index in [9.17, 15) is 8.42 Å². The van der Waals surface area contributed by atoms with E-state index in [0.717, 1.165) is 9.13 Å². The van der Waals surface area contributed by atoms with Crippen LogP contribution in [0.5, 0.6) is 0 Å². The number of hydrogen-bond donors (Lipinski definition) is 0. The molecule has 2 aromatic carbocycles. The van der Waals surface area contributed by atoms with Gasteiger partial charge < -0.3 is 0 Å². The number of anilines is 1. The van der Waals surface area contributed by atoms with E-state index >= 15 is 0 Å². The molecular formula is C15H14INO2S. The summed E-state index contributed by atoms with van der Waals surface area (Å²) in [4.78, 5) is 0. The fraction of sp³-hybridized carbons (Fsp3) is 0.0667. The van der Waals surface area contributed by atoms with Gasteiger partial charge in [-0.15, -0.1) is 0 Å². The first kappa shape index (κ1) is 15.1. The van der Waals surface area contributed by atoms with Gasteiger partial charge in [-0.25, -0.2) is 8.42 Å². The maximum Gasteiger partial charge on any atom is 0.257 e. The Morgan fingerprint density at radius 3 is 2.25 bits per heavy atom. The Hall–Kier alpha value is -1.34. The first-order chi connectivity index (χ1) is 9.50. The van der Waals surface area contributed by atoms with Crippen LogP contribution < -0.4 is 4.31 Å². The number of sulfonamides is 1. The molecule has 0 saturated heterocycles. The highest BCUT2D eigenvalue weighted by atomic mass is 127. The largest absolute Gasteiger partial charge is 0.269 e. The van der Waals surface area contributed by atoms with Gasteiger partial charge in [-0.1, -0.05) is 42.5 Å². The van der Waals surface area contributed by atoms with Gasteiger partial charge in [-0.3, -0.25) is 4.31 Å². The standard InChI is InChI=1S/C15H14INO2S/c1-17(15-10-6-5-9-14(15)16)20(18,19)12-11-13-7-3-2-4-8-13/h2-12H,1H3/b12-11+. The molecule has 0 radical (unpaired) electrons. The topological polar surface area (TPSA) is 37.4 Å². The lowest BCUT2D eigenvalue weighted by molar-refractivity contribution is 0.603. The van der Waals surface area contributed by atoms with Crippen LogP contribution in [0.4, 0.5) is 5.69 Å². The summed E-state index contributed by atoms with van der Waals surface area (Å²) in [6.45, 7) is 0. The SMILES string of the molecule is CN(c1ccccc1I)S(=O)(=O)/C=C/c1ccccc1. The summed E-state index contributed by atoms with van der Waals surface area (Å²) in [6, 6.07) is 16.7. The summed E-state index contributed by atoms with van der Waals surface area (Å²) in [5, 5.41) is 1.23. The lowest BCUT2D eigenvalue weighted by Gasteiger charge is -2.18. The fourth-order valence-corrected chi connectivity index (χ4v) is 3.52. The van der Waals surface area contributed by atoms with Crippen molar-refractivity contribution in [3.05, 3.63) is 69.1 Å². The van der Waals surface area contributed by atoms with E-state index in [1.54, 1.807) is 19.2 Å². The molecule has 2 rings (SSSR count). The third-order valence-electron chi connectivity index (χ3n) is 2.81. The van der Waals surface area contributed by atoms with E-state index < -0.39 is 10.0 Å². The van der Waals surface area contributed by atoms with Gasteiger partial charge in [0.2, 0.25) is 0 Å². The minimum atomic E-state index is -3.49. The van der Waals surface area contributed by atoms with Gasteiger partial charge in [-0.2, -0.15) is 0 Å². The molecule has 0 aromatic heterocycles. The number of para-hydroxylation sites is 1. The van der Waals surface area contributed by atoms with Crippen molar-refractivity contribution in [3.8, 4) is 0 Å². The number of hydrogen-bond acceptors (Lipinski definition) is 2. The molecule has 5 heteroatoms. The van der Waals surface area contributed by atoms with Crippen LogP contribution in [0, 0.1) is 3.57 Å². The highest BCUT2D eigenvalue weighted by molar-refractivity contribution is 14.1. The zero-order valence-electron chi connectivity index (χ0n) is 10.9. The minimum Gasteiger partial charge on any atom is -0.269 e. The van der Waals surface area contributed by atoms with Crippen LogP contribution in [0.25, 0.3) is 6.08 Å². The molecule has 0 spiro atoms. The van der Waals surface area contributed by atoms with E-state index in [1.807, 2.05) is 48.5 Å². The van der Waals surface area contributed by atoms with Crippen molar-refractivity contribution in [1.29, 1.82) is 0 Å². The Balaban J connectivity index is 2.27. The van der Waals surface area contributed by atoms with Crippen LogP contribution in [-0.2, 0) is 10.0 Å². The molecule has 3 nitrogen and oxygen atoms in total. The molecular weight excluding hydrogens is 385 g/mol. The van der Waals surface area contributed by atoms with Gasteiger partial charge in [0.15, 0.2) is 0 Å². The Morgan fingerprint density at radius 2 is 1.60 bits per heavy atom. The van der Waals surface area contributed by atoms with Crippen molar-refractivity contribution in [2.24, 2.45) is 0 Å². The van der Waals surface area contributed by atoms with Crippen LogP contribution in [0.1, 0.15) is 5.56 Å². The minimum absolute atomic E-state index is 0.672. The predicted octanol–water partition coefficient (Wildman–Crippen LogP) is 3.73. The second-order valence-electron chi connectivity index (χ2n) is 4.18. The Morgan fingerprint density at radius 1 is 1.00 bits per heavy atom. The van der Waals surface area contributed by atoms with Crippen LogP contribution in [0.15, 0.2) is 60.0 Å². The average molecular weight is 399 g/mol. The summed E-state index contributed by atoms with van der Waals surface area (Å²) in [7, 11) is -1.93. The molecule has 0 saturated carbocycles. The number of benzene rings is 2. The summed E-state index contributed by atoms with van der Waals surface area (Å²) in [5.74, 6) is 0. The Bertz CT molecular complexity index is 712. The second-order valence-corrected chi connectivity index (χ2v) is 7.19. The molecule has 0 N–H and O–H groups in total. The van der Waals surface area contributed by atoms with Crippen LogP contribution in [0.2, 0.25) is 0 Å². The lowest BCUT2D eigenvalue weighted by Crippen LogP contribution is -2.24. The summed E-state index contributed by atoms with van der Waals surface area (Å²) < 4.78 is 26.8. The Labute approximate surface area is 133 Å². The van der Waals surface area contributed by atoms with Gasteiger partial charge in [0, 0.05) is 10.6 Å². The van der Waals surface area contributed by atoms with E-state index in [1.165, 1.54) is 9.71 Å². The molecule has 0 bridgehead atoms. The molecule has 0 amide bonds. The lowest BCUT2D eigenvalue weighted by atomic mass is 10.2. The number of halogens is 1. The maximum atomic E-state index is 12.3. The smallest absolute Gasteiger partial charge is 0.257 e. The van der Waals surface area contributed by atoms with Crippen LogP contribution in [-0.4, -0.2) is 15.5 Å². The van der Waals surface area contributed by atoms with Crippen molar-refractivity contribution in [1.82, 2.24) is 0 Å². The zero-order chi connectivity index (χ0) is 14.6. The molecule has 0 unspecified atom stereocenters. The molecule has 0 aliphatic carbocycles.